The minimum atomic E-state index is -0.0642. The first-order valence-corrected chi connectivity index (χ1v) is 10.4. The van der Waals surface area contributed by atoms with E-state index in [2.05, 4.69) is 15.6 Å². The van der Waals surface area contributed by atoms with E-state index in [1.807, 2.05) is 65.6 Å². The first kappa shape index (κ1) is 20.8. The van der Waals surface area contributed by atoms with Gasteiger partial charge in [-0.3, -0.25) is 9.69 Å². The van der Waals surface area contributed by atoms with E-state index in [0.29, 0.717) is 12.2 Å². The number of aromatic nitrogens is 1. The Morgan fingerprint density at radius 2 is 1.94 bits per heavy atom. The molecular weight excluding hydrogens is 390 g/mol. The summed E-state index contributed by atoms with van der Waals surface area (Å²) >= 11 is 0. The lowest BCUT2D eigenvalue weighted by atomic mass is 10.1. The maximum Gasteiger partial charge on any atom is 0.238 e. The first-order chi connectivity index (χ1) is 15.1. The zero-order valence-corrected chi connectivity index (χ0v) is 17.3. The summed E-state index contributed by atoms with van der Waals surface area (Å²) in [6, 6.07) is 19.3. The number of likely N-dealkylation sites (tertiary alicyclic amines) is 1. The van der Waals surface area contributed by atoms with Gasteiger partial charge in [0.15, 0.2) is 0 Å². The summed E-state index contributed by atoms with van der Waals surface area (Å²) in [6.07, 6.45) is 3.72. The molecule has 0 radical (unpaired) electrons. The summed E-state index contributed by atoms with van der Waals surface area (Å²) in [5.74, 6) is 0.662. The van der Waals surface area contributed by atoms with Crippen LogP contribution in [-0.2, 0) is 4.79 Å². The molecule has 7 nitrogen and oxygen atoms in total. The van der Waals surface area contributed by atoms with E-state index in [9.17, 15) is 9.90 Å². The summed E-state index contributed by atoms with van der Waals surface area (Å²) < 4.78 is 0. The maximum atomic E-state index is 12.4. The Morgan fingerprint density at radius 1 is 1.10 bits per heavy atom. The quantitative estimate of drug-likeness (QED) is 0.439. The van der Waals surface area contributed by atoms with Gasteiger partial charge in [-0.1, -0.05) is 18.2 Å². The standard InChI is InChI=1S/C24H27N5O2/c25-19-3-1-4-21(14-19)27-23-13-18(10-11-26-23)17-6-8-20(9-7-17)28-24(31)15-29-12-2-5-22(29)16-30/h1,3-4,6-11,13-14,22,30H,2,5,12,15-16,25H2,(H,26,27)(H,28,31). The van der Waals surface area contributed by atoms with Crippen molar-refractivity contribution in [3.8, 4) is 11.1 Å². The van der Waals surface area contributed by atoms with Gasteiger partial charge in [0, 0.05) is 29.3 Å². The van der Waals surface area contributed by atoms with Gasteiger partial charge in [-0.15, -0.1) is 0 Å². The Morgan fingerprint density at radius 3 is 2.71 bits per heavy atom. The monoisotopic (exact) mass is 417 g/mol. The number of aliphatic hydroxyl groups is 1. The molecule has 4 rings (SSSR count). The highest BCUT2D eigenvalue weighted by molar-refractivity contribution is 5.92. The first-order valence-electron chi connectivity index (χ1n) is 10.4. The van der Waals surface area contributed by atoms with E-state index < -0.39 is 0 Å². The van der Waals surface area contributed by atoms with E-state index in [0.717, 1.165) is 47.7 Å². The molecule has 0 saturated carbocycles. The van der Waals surface area contributed by atoms with Crippen molar-refractivity contribution in [1.82, 2.24) is 9.88 Å². The van der Waals surface area contributed by atoms with Crippen LogP contribution in [-0.4, -0.2) is 46.6 Å². The van der Waals surface area contributed by atoms with Gasteiger partial charge in [0.1, 0.15) is 5.82 Å². The summed E-state index contributed by atoms with van der Waals surface area (Å²) in [4.78, 5) is 18.8. The van der Waals surface area contributed by atoms with Crippen LogP contribution in [0.4, 0.5) is 22.9 Å². The predicted octanol–water partition coefficient (Wildman–Crippen LogP) is 3.47. The van der Waals surface area contributed by atoms with E-state index in [1.54, 1.807) is 6.20 Å². The lowest BCUT2D eigenvalue weighted by Gasteiger charge is -2.21. The fraction of sp³-hybridized carbons (Fsp3) is 0.250. The van der Waals surface area contributed by atoms with Crippen molar-refractivity contribution in [2.75, 3.05) is 36.1 Å². The second-order valence-corrected chi connectivity index (χ2v) is 7.75. The second-order valence-electron chi connectivity index (χ2n) is 7.75. The number of rotatable bonds is 7. The molecule has 1 saturated heterocycles. The number of nitrogens with one attached hydrogen (secondary N) is 2. The third kappa shape index (κ3) is 5.39. The van der Waals surface area contributed by atoms with Gasteiger partial charge in [-0.2, -0.15) is 0 Å². The van der Waals surface area contributed by atoms with Gasteiger partial charge in [0.25, 0.3) is 0 Å². The van der Waals surface area contributed by atoms with Gasteiger partial charge >= 0.3 is 0 Å². The molecule has 1 unspecified atom stereocenters. The van der Waals surface area contributed by atoms with Crippen molar-refractivity contribution in [2.45, 2.75) is 18.9 Å². The van der Waals surface area contributed by atoms with Gasteiger partial charge < -0.3 is 21.5 Å². The number of aliphatic hydroxyl groups excluding tert-OH is 1. The molecule has 1 atom stereocenters. The van der Waals surface area contributed by atoms with Crippen LogP contribution in [0.5, 0.6) is 0 Å². The van der Waals surface area contributed by atoms with Crippen LogP contribution in [0.25, 0.3) is 11.1 Å². The van der Waals surface area contributed by atoms with Crippen molar-refractivity contribution in [1.29, 1.82) is 0 Å². The van der Waals surface area contributed by atoms with Crippen molar-refractivity contribution in [3.63, 3.8) is 0 Å². The van der Waals surface area contributed by atoms with E-state index in [4.69, 9.17) is 5.73 Å². The van der Waals surface area contributed by atoms with E-state index >= 15 is 0 Å². The lowest BCUT2D eigenvalue weighted by molar-refractivity contribution is -0.117. The molecule has 1 aromatic heterocycles. The average molecular weight is 418 g/mol. The lowest BCUT2D eigenvalue weighted by Crippen LogP contribution is -2.38. The number of benzene rings is 2. The number of amides is 1. The molecule has 1 amide bonds. The summed E-state index contributed by atoms with van der Waals surface area (Å²) in [5.41, 5.74) is 10.2. The maximum absolute atomic E-state index is 12.4. The zero-order chi connectivity index (χ0) is 21.6. The largest absolute Gasteiger partial charge is 0.399 e. The van der Waals surface area contributed by atoms with E-state index in [1.165, 1.54) is 0 Å². The SMILES string of the molecule is Nc1cccc(Nc2cc(-c3ccc(NC(=O)CN4CCCC4CO)cc3)ccn2)c1. The number of nitrogens with zero attached hydrogens (tertiary/aromatic N) is 2. The van der Waals surface area contributed by atoms with Crippen molar-refractivity contribution in [3.05, 3.63) is 66.9 Å². The van der Waals surface area contributed by atoms with Gasteiger partial charge in [-0.25, -0.2) is 4.98 Å². The third-order valence-corrected chi connectivity index (χ3v) is 5.48. The number of hydrogen-bond donors (Lipinski definition) is 4. The Hall–Kier alpha value is -3.42. The second kappa shape index (κ2) is 9.59. The Labute approximate surface area is 181 Å². The molecule has 7 heteroatoms. The smallest absolute Gasteiger partial charge is 0.238 e. The minimum Gasteiger partial charge on any atom is -0.399 e. The number of hydrogen-bond acceptors (Lipinski definition) is 6. The molecule has 0 aliphatic carbocycles. The number of nitrogen functional groups attached to an aromatic ring is 1. The molecule has 2 heterocycles. The van der Waals surface area contributed by atoms with Crippen LogP contribution < -0.4 is 16.4 Å². The molecule has 2 aromatic carbocycles. The van der Waals surface area contributed by atoms with Gasteiger partial charge in [-0.05, 0) is 73.0 Å². The Kier molecular flexibility index (Phi) is 6.45. The predicted molar refractivity (Wildman–Crippen MR) is 124 cm³/mol. The van der Waals surface area contributed by atoms with Crippen LogP contribution in [0.3, 0.4) is 0 Å². The van der Waals surface area contributed by atoms with E-state index in [-0.39, 0.29) is 18.6 Å². The van der Waals surface area contributed by atoms with Crippen LogP contribution in [0.1, 0.15) is 12.8 Å². The molecule has 1 aliphatic rings. The van der Waals surface area contributed by atoms with Crippen LogP contribution in [0.15, 0.2) is 66.9 Å². The number of nitrogens with two attached hydrogens (primary N) is 1. The molecule has 0 spiro atoms. The summed E-state index contributed by atoms with van der Waals surface area (Å²) in [7, 11) is 0. The molecule has 160 valence electrons. The van der Waals surface area contributed by atoms with Crippen molar-refractivity contribution in [2.24, 2.45) is 0 Å². The highest BCUT2D eigenvalue weighted by Gasteiger charge is 2.25. The summed E-state index contributed by atoms with van der Waals surface area (Å²) in [5, 5.41) is 15.6. The third-order valence-electron chi connectivity index (χ3n) is 5.48. The fourth-order valence-corrected chi connectivity index (χ4v) is 3.88. The number of pyridine rings is 1. The molecular formula is C24H27N5O2. The van der Waals surface area contributed by atoms with Crippen molar-refractivity contribution < 1.29 is 9.90 Å². The Bertz CT molecular complexity index is 1040. The molecule has 31 heavy (non-hydrogen) atoms. The van der Waals surface area contributed by atoms with Crippen LogP contribution in [0, 0.1) is 0 Å². The van der Waals surface area contributed by atoms with Crippen molar-refractivity contribution >= 4 is 28.8 Å². The fourth-order valence-electron chi connectivity index (χ4n) is 3.88. The van der Waals surface area contributed by atoms with Crippen LogP contribution in [0.2, 0.25) is 0 Å². The molecule has 0 bridgehead atoms. The van der Waals surface area contributed by atoms with Gasteiger partial charge in [0.2, 0.25) is 5.91 Å². The molecule has 3 aromatic rings. The molecule has 1 aliphatic heterocycles. The topological polar surface area (TPSA) is 104 Å². The molecule has 1 fully saturated rings. The normalized spacial score (nSPS) is 16.2. The highest BCUT2D eigenvalue weighted by Crippen LogP contribution is 2.25. The minimum absolute atomic E-state index is 0.0642. The number of anilines is 4. The zero-order valence-electron chi connectivity index (χ0n) is 17.3. The van der Waals surface area contributed by atoms with Gasteiger partial charge in [0.05, 0.1) is 13.2 Å². The average Bonchev–Trinajstić information content (AvgIpc) is 3.21. The highest BCUT2D eigenvalue weighted by atomic mass is 16.3. The number of carbonyl (C=O) groups is 1. The molecule has 5 N–H and O–H groups in total. The van der Waals surface area contributed by atoms with Crippen LogP contribution >= 0.6 is 0 Å². The Balaban J connectivity index is 1.39. The number of carbonyl (C=O) groups excluding carboxylic acids is 1. The summed E-state index contributed by atoms with van der Waals surface area (Å²) in [6.45, 7) is 1.25.